The maximum absolute atomic E-state index is 13.2. The molecule has 0 saturated carbocycles. The van der Waals surface area contributed by atoms with Crippen LogP contribution in [0.15, 0.2) is 65.6 Å². The van der Waals surface area contributed by atoms with E-state index in [2.05, 4.69) is 11.3 Å². The Kier molecular flexibility index (Phi) is 5.87. The number of nitrogens with one attached hydrogen (secondary N) is 1. The highest BCUT2D eigenvalue weighted by atomic mass is 32.2. The summed E-state index contributed by atoms with van der Waals surface area (Å²) in [6, 6.07) is 10.7. The molecule has 0 radical (unpaired) electrons. The van der Waals surface area contributed by atoms with Crippen LogP contribution in [-0.2, 0) is 14.8 Å². The summed E-state index contributed by atoms with van der Waals surface area (Å²) in [5, 5.41) is 0. The lowest BCUT2D eigenvalue weighted by Crippen LogP contribution is -2.31. The van der Waals surface area contributed by atoms with E-state index in [1.165, 1.54) is 36.4 Å². The first kappa shape index (κ1) is 19.0. The van der Waals surface area contributed by atoms with Crippen LogP contribution in [0, 0.1) is 12.7 Å². The van der Waals surface area contributed by atoms with Gasteiger partial charge in [-0.25, -0.2) is 12.8 Å². The molecule has 2 rings (SSSR count). The topological polar surface area (TPSA) is 63.2 Å². The number of benzene rings is 2. The number of halogens is 1. The second kappa shape index (κ2) is 7.72. The Labute approximate surface area is 147 Å². The molecule has 0 spiro atoms. The van der Waals surface area contributed by atoms with Crippen molar-refractivity contribution in [3.63, 3.8) is 0 Å². The van der Waals surface area contributed by atoms with Crippen molar-refractivity contribution < 1.29 is 17.6 Å². The standard InChI is InChI=1S/C19H20FNO3S/c1-4-18(22)14(3)19(15-7-9-16(20)10-8-15)21-25(23,24)17-11-5-13(2)6-12-17/h5-12,19,21H,3-4H2,1-2H3/t19-/m1/s1. The molecule has 1 N–H and O–H groups in total. The molecule has 2 aromatic carbocycles. The van der Waals surface area contributed by atoms with Gasteiger partial charge >= 0.3 is 0 Å². The first-order chi connectivity index (χ1) is 11.7. The van der Waals surface area contributed by atoms with E-state index in [9.17, 15) is 17.6 Å². The Morgan fingerprint density at radius 2 is 1.68 bits per heavy atom. The quantitative estimate of drug-likeness (QED) is 0.765. The highest BCUT2D eigenvalue weighted by molar-refractivity contribution is 7.89. The minimum atomic E-state index is -3.88. The van der Waals surface area contributed by atoms with Gasteiger partial charge in [-0.3, -0.25) is 4.79 Å². The van der Waals surface area contributed by atoms with E-state index in [4.69, 9.17) is 0 Å². The minimum absolute atomic E-state index is 0.0851. The van der Waals surface area contributed by atoms with Gasteiger partial charge in [0.25, 0.3) is 0 Å². The summed E-state index contributed by atoms with van der Waals surface area (Å²) in [5.41, 5.74) is 1.49. The van der Waals surface area contributed by atoms with Gasteiger partial charge in [0.05, 0.1) is 10.9 Å². The van der Waals surface area contributed by atoms with E-state index < -0.39 is 21.9 Å². The summed E-state index contributed by atoms with van der Waals surface area (Å²) >= 11 is 0. The highest BCUT2D eigenvalue weighted by Crippen LogP contribution is 2.25. The molecule has 0 heterocycles. The number of carbonyl (C=O) groups is 1. The molecule has 132 valence electrons. The fourth-order valence-electron chi connectivity index (χ4n) is 2.32. The average Bonchev–Trinajstić information content (AvgIpc) is 2.59. The Hall–Kier alpha value is -2.31. The van der Waals surface area contributed by atoms with Crippen molar-refractivity contribution >= 4 is 15.8 Å². The van der Waals surface area contributed by atoms with E-state index >= 15 is 0 Å². The molecule has 0 bridgehead atoms. The number of Topliss-reactive ketones (excluding diaryl/α,β-unsaturated/α-hetero) is 1. The normalized spacial score (nSPS) is 12.6. The summed E-state index contributed by atoms with van der Waals surface area (Å²) in [7, 11) is -3.88. The number of sulfonamides is 1. The van der Waals surface area contributed by atoms with Gasteiger partial charge in [0, 0.05) is 12.0 Å². The van der Waals surface area contributed by atoms with Crippen molar-refractivity contribution in [1.82, 2.24) is 4.72 Å². The van der Waals surface area contributed by atoms with Gasteiger partial charge in [0.2, 0.25) is 10.0 Å². The second-order valence-electron chi connectivity index (χ2n) is 5.72. The summed E-state index contributed by atoms with van der Waals surface area (Å²) < 4.78 is 41.0. The summed E-state index contributed by atoms with van der Waals surface area (Å²) in [6.45, 7) is 7.27. The molecule has 4 nitrogen and oxygen atoms in total. The summed E-state index contributed by atoms with van der Waals surface area (Å²) in [4.78, 5) is 12.1. The summed E-state index contributed by atoms with van der Waals surface area (Å²) in [5.74, 6) is -0.711. The largest absolute Gasteiger partial charge is 0.295 e. The van der Waals surface area contributed by atoms with Crippen LogP contribution < -0.4 is 4.72 Å². The molecule has 0 aliphatic heterocycles. The van der Waals surface area contributed by atoms with Crippen molar-refractivity contribution in [2.75, 3.05) is 0 Å². The zero-order valence-electron chi connectivity index (χ0n) is 14.1. The van der Waals surface area contributed by atoms with E-state index in [0.717, 1.165) is 5.56 Å². The summed E-state index contributed by atoms with van der Waals surface area (Å²) in [6.07, 6.45) is 0.197. The SMILES string of the molecule is C=C(C(=O)CC)[C@@H](NS(=O)(=O)c1ccc(C)cc1)c1ccc(F)cc1. The van der Waals surface area contributed by atoms with Crippen LogP contribution in [0.2, 0.25) is 0 Å². The fourth-order valence-corrected chi connectivity index (χ4v) is 3.54. The molecule has 0 unspecified atom stereocenters. The van der Waals surface area contributed by atoms with Crippen LogP contribution in [0.25, 0.3) is 0 Å². The lowest BCUT2D eigenvalue weighted by molar-refractivity contribution is -0.115. The van der Waals surface area contributed by atoms with Crippen molar-refractivity contribution in [3.05, 3.63) is 77.6 Å². The zero-order valence-corrected chi connectivity index (χ0v) is 14.9. The number of hydrogen-bond acceptors (Lipinski definition) is 3. The molecule has 2 aromatic rings. The maximum atomic E-state index is 13.2. The van der Waals surface area contributed by atoms with Crippen molar-refractivity contribution in [3.8, 4) is 0 Å². The monoisotopic (exact) mass is 361 g/mol. The molecule has 0 saturated heterocycles. The molecule has 0 amide bonds. The van der Waals surface area contributed by atoms with E-state index in [1.54, 1.807) is 19.1 Å². The number of rotatable bonds is 7. The first-order valence-corrected chi connectivity index (χ1v) is 9.29. The lowest BCUT2D eigenvalue weighted by atomic mass is 9.97. The third kappa shape index (κ3) is 4.61. The van der Waals surface area contributed by atoms with Crippen LogP contribution in [-0.4, -0.2) is 14.2 Å². The third-order valence-electron chi connectivity index (χ3n) is 3.84. The predicted molar refractivity (Wildman–Crippen MR) is 95.1 cm³/mol. The Balaban J connectivity index is 2.41. The van der Waals surface area contributed by atoms with Crippen LogP contribution in [0.4, 0.5) is 4.39 Å². The predicted octanol–water partition coefficient (Wildman–Crippen LogP) is 3.69. The van der Waals surface area contributed by atoms with Crippen LogP contribution in [0.1, 0.15) is 30.5 Å². The zero-order chi connectivity index (χ0) is 18.6. The Bertz CT molecular complexity index is 872. The highest BCUT2D eigenvalue weighted by Gasteiger charge is 2.26. The molecule has 1 atom stereocenters. The van der Waals surface area contributed by atoms with Crippen LogP contribution >= 0.6 is 0 Å². The van der Waals surface area contributed by atoms with E-state index in [-0.39, 0.29) is 22.7 Å². The molecular formula is C19H20FNO3S. The first-order valence-electron chi connectivity index (χ1n) is 7.81. The Morgan fingerprint density at radius 1 is 1.12 bits per heavy atom. The molecule has 0 fully saturated rings. The number of carbonyl (C=O) groups excluding carboxylic acids is 1. The lowest BCUT2D eigenvalue weighted by Gasteiger charge is -2.21. The van der Waals surface area contributed by atoms with Gasteiger partial charge in [-0.05, 0) is 36.8 Å². The van der Waals surface area contributed by atoms with Crippen molar-refractivity contribution in [1.29, 1.82) is 0 Å². The molecule has 0 aliphatic carbocycles. The average molecular weight is 361 g/mol. The number of hydrogen-bond donors (Lipinski definition) is 1. The van der Waals surface area contributed by atoms with Crippen molar-refractivity contribution in [2.45, 2.75) is 31.2 Å². The van der Waals surface area contributed by atoms with Crippen molar-refractivity contribution in [2.24, 2.45) is 0 Å². The molecular weight excluding hydrogens is 341 g/mol. The number of aryl methyl sites for hydroxylation is 1. The molecule has 6 heteroatoms. The van der Waals surface area contributed by atoms with Crippen LogP contribution in [0.3, 0.4) is 0 Å². The van der Waals surface area contributed by atoms with Gasteiger partial charge in [0.15, 0.2) is 5.78 Å². The van der Waals surface area contributed by atoms with Gasteiger partial charge in [0.1, 0.15) is 5.82 Å². The van der Waals surface area contributed by atoms with E-state index in [1.807, 2.05) is 6.92 Å². The van der Waals surface area contributed by atoms with Gasteiger partial charge in [-0.2, -0.15) is 4.72 Å². The minimum Gasteiger partial charge on any atom is -0.295 e. The fraction of sp³-hybridized carbons (Fsp3) is 0.211. The smallest absolute Gasteiger partial charge is 0.241 e. The molecule has 0 aliphatic rings. The van der Waals surface area contributed by atoms with Crippen LogP contribution in [0.5, 0.6) is 0 Å². The van der Waals surface area contributed by atoms with E-state index in [0.29, 0.717) is 5.56 Å². The molecule has 0 aromatic heterocycles. The number of ketones is 1. The third-order valence-corrected chi connectivity index (χ3v) is 5.27. The maximum Gasteiger partial charge on any atom is 0.241 e. The van der Waals surface area contributed by atoms with Gasteiger partial charge < -0.3 is 0 Å². The second-order valence-corrected chi connectivity index (χ2v) is 7.43. The Morgan fingerprint density at radius 3 is 2.20 bits per heavy atom. The van der Waals surface area contributed by atoms with Gasteiger partial charge in [-0.15, -0.1) is 0 Å². The van der Waals surface area contributed by atoms with Gasteiger partial charge in [-0.1, -0.05) is 43.3 Å². The molecule has 25 heavy (non-hydrogen) atoms.